The van der Waals surface area contributed by atoms with Crippen molar-refractivity contribution in [1.29, 1.82) is 0 Å². The fraction of sp³-hybridized carbons (Fsp3) is 0.667. The van der Waals surface area contributed by atoms with E-state index in [1.807, 2.05) is 41.5 Å². The molecule has 0 aliphatic carbocycles. The fourth-order valence-electron chi connectivity index (χ4n) is 1.10. The second-order valence-electron chi connectivity index (χ2n) is 5.82. The molecule has 1 rings (SSSR count). The third kappa shape index (κ3) is 3.97. The quantitative estimate of drug-likeness (QED) is 0.706. The molecule has 90 valence electrons. The van der Waals surface area contributed by atoms with Gasteiger partial charge in [0.15, 0.2) is 0 Å². The minimum atomic E-state index is -0.285. The Hall–Kier alpha value is -0.830. The van der Waals surface area contributed by atoms with E-state index in [9.17, 15) is 0 Å². The van der Waals surface area contributed by atoms with Crippen LogP contribution in [0.4, 0.5) is 0 Å². The molecule has 16 heavy (non-hydrogen) atoms. The number of ether oxygens (including phenoxy) is 1. The van der Waals surface area contributed by atoms with E-state index in [4.69, 9.17) is 16.3 Å². The topological polar surface area (TPSA) is 35.0 Å². The third-order valence-corrected chi connectivity index (χ3v) is 1.95. The van der Waals surface area contributed by atoms with Gasteiger partial charge in [-0.05, 0) is 20.8 Å². The van der Waals surface area contributed by atoms with Crippen molar-refractivity contribution in [3.63, 3.8) is 0 Å². The number of rotatable bonds is 1. The van der Waals surface area contributed by atoms with Gasteiger partial charge < -0.3 is 4.74 Å². The van der Waals surface area contributed by atoms with Crippen molar-refractivity contribution in [2.45, 2.75) is 52.6 Å². The highest BCUT2D eigenvalue weighted by atomic mass is 35.5. The first-order valence-corrected chi connectivity index (χ1v) is 5.70. The molecular formula is C12H19ClN2O. The van der Waals surface area contributed by atoms with Gasteiger partial charge in [0, 0.05) is 11.5 Å². The van der Waals surface area contributed by atoms with Crippen LogP contribution in [0.15, 0.2) is 6.07 Å². The Morgan fingerprint density at radius 1 is 1.06 bits per heavy atom. The Kier molecular flexibility index (Phi) is 3.48. The van der Waals surface area contributed by atoms with Gasteiger partial charge >= 0.3 is 0 Å². The van der Waals surface area contributed by atoms with Crippen LogP contribution in [0.2, 0.25) is 5.15 Å². The van der Waals surface area contributed by atoms with Crippen LogP contribution >= 0.6 is 11.6 Å². The minimum Gasteiger partial charge on any atom is -0.472 e. The maximum atomic E-state index is 5.95. The van der Waals surface area contributed by atoms with E-state index in [-0.39, 0.29) is 11.0 Å². The summed E-state index contributed by atoms with van der Waals surface area (Å²) in [4.78, 5) is 8.58. The van der Waals surface area contributed by atoms with Crippen molar-refractivity contribution in [2.24, 2.45) is 0 Å². The highest BCUT2D eigenvalue weighted by Gasteiger charge is 2.21. The Labute approximate surface area is 102 Å². The molecule has 0 spiro atoms. The largest absolute Gasteiger partial charge is 0.472 e. The van der Waals surface area contributed by atoms with Crippen LogP contribution in [0, 0.1) is 0 Å². The molecule has 0 fully saturated rings. The average Bonchev–Trinajstić information content (AvgIpc) is 1.97. The fourth-order valence-corrected chi connectivity index (χ4v) is 1.27. The zero-order valence-corrected chi connectivity index (χ0v) is 11.5. The minimum absolute atomic E-state index is 0.138. The Morgan fingerprint density at radius 3 is 2.06 bits per heavy atom. The predicted molar refractivity (Wildman–Crippen MR) is 66.1 cm³/mol. The van der Waals surface area contributed by atoms with Crippen LogP contribution in [-0.2, 0) is 5.41 Å². The Bertz CT molecular complexity index is 378. The summed E-state index contributed by atoms with van der Waals surface area (Å²) in [5, 5.41) is 0.416. The molecule has 0 amide bonds. The number of aromatic nitrogens is 2. The van der Waals surface area contributed by atoms with Gasteiger partial charge in [-0.25, -0.2) is 4.98 Å². The highest BCUT2D eigenvalue weighted by Crippen LogP contribution is 2.24. The van der Waals surface area contributed by atoms with Crippen LogP contribution in [-0.4, -0.2) is 15.6 Å². The molecule has 1 aromatic heterocycles. The number of nitrogens with zero attached hydrogens (tertiary/aromatic N) is 2. The van der Waals surface area contributed by atoms with E-state index in [0.29, 0.717) is 16.9 Å². The van der Waals surface area contributed by atoms with Crippen LogP contribution in [0.3, 0.4) is 0 Å². The normalized spacial score (nSPS) is 12.7. The first kappa shape index (κ1) is 13.2. The lowest BCUT2D eigenvalue weighted by atomic mass is 9.96. The SMILES string of the molecule is CC(C)(C)Oc1cc(Cl)nc(C(C)(C)C)n1. The van der Waals surface area contributed by atoms with Crippen LogP contribution < -0.4 is 4.74 Å². The van der Waals surface area contributed by atoms with Crippen LogP contribution in [0.5, 0.6) is 5.88 Å². The maximum Gasteiger partial charge on any atom is 0.218 e. The molecule has 0 radical (unpaired) electrons. The summed E-state index contributed by atoms with van der Waals surface area (Å²) in [6.45, 7) is 12.0. The highest BCUT2D eigenvalue weighted by molar-refractivity contribution is 6.29. The lowest BCUT2D eigenvalue weighted by molar-refractivity contribution is 0.123. The van der Waals surface area contributed by atoms with E-state index in [2.05, 4.69) is 9.97 Å². The Morgan fingerprint density at radius 2 is 1.62 bits per heavy atom. The van der Waals surface area contributed by atoms with Crippen molar-refractivity contribution in [3.05, 3.63) is 17.0 Å². The molecule has 0 bridgehead atoms. The van der Waals surface area contributed by atoms with Gasteiger partial charge in [-0.2, -0.15) is 4.98 Å². The standard InChI is InChI=1S/C12H19ClN2O/c1-11(2,3)10-14-8(13)7-9(15-10)16-12(4,5)6/h7H,1-6H3. The first-order valence-electron chi connectivity index (χ1n) is 5.32. The van der Waals surface area contributed by atoms with Crippen molar-refractivity contribution in [2.75, 3.05) is 0 Å². The second-order valence-corrected chi connectivity index (χ2v) is 6.20. The Balaban J connectivity index is 3.09. The molecule has 1 heterocycles. The van der Waals surface area contributed by atoms with E-state index < -0.39 is 0 Å². The molecular weight excluding hydrogens is 224 g/mol. The van der Waals surface area contributed by atoms with Crippen molar-refractivity contribution in [3.8, 4) is 5.88 Å². The number of hydrogen-bond acceptors (Lipinski definition) is 3. The summed E-state index contributed by atoms with van der Waals surface area (Å²) in [6.07, 6.45) is 0. The molecule has 1 aromatic rings. The molecule has 0 aliphatic rings. The van der Waals surface area contributed by atoms with Crippen LogP contribution in [0.25, 0.3) is 0 Å². The van der Waals surface area contributed by atoms with E-state index in [1.54, 1.807) is 6.07 Å². The molecule has 3 nitrogen and oxygen atoms in total. The van der Waals surface area contributed by atoms with Crippen molar-refractivity contribution < 1.29 is 4.74 Å². The first-order chi connectivity index (χ1) is 7.08. The van der Waals surface area contributed by atoms with E-state index in [0.717, 1.165) is 0 Å². The van der Waals surface area contributed by atoms with Gasteiger partial charge in [-0.3, -0.25) is 0 Å². The summed E-state index contributed by atoms with van der Waals surface area (Å²) < 4.78 is 5.68. The van der Waals surface area contributed by atoms with Gasteiger partial charge in [0.2, 0.25) is 5.88 Å². The van der Waals surface area contributed by atoms with Gasteiger partial charge in [-0.15, -0.1) is 0 Å². The third-order valence-electron chi connectivity index (χ3n) is 1.75. The zero-order chi connectivity index (χ0) is 12.6. The number of halogens is 1. The van der Waals surface area contributed by atoms with Gasteiger partial charge in [-0.1, -0.05) is 32.4 Å². The summed E-state index contributed by atoms with van der Waals surface area (Å²) >= 11 is 5.95. The van der Waals surface area contributed by atoms with Crippen LogP contribution in [0.1, 0.15) is 47.4 Å². The van der Waals surface area contributed by atoms with Gasteiger partial charge in [0.25, 0.3) is 0 Å². The monoisotopic (exact) mass is 242 g/mol. The lowest BCUT2D eigenvalue weighted by Crippen LogP contribution is -2.25. The summed E-state index contributed by atoms with van der Waals surface area (Å²) in [5.74, 6) is 1.22. The zero-order valence-electron chi connectivity index (χ0n) is 10.8. The summed E-state index contributed by atoms with van der Waals surface area (Å²) in [6, 6.07) is 1.64. The van der Waals surface area contributed by atoms with E-state index in [1.165, 1.54) is 0 Å². The van der Waals surface area contributed by atoms with Gasteiger partial charge in [0.1, 0.15) is 16.6 Å². The smallest absolute Gasteiger partial charge is 0.218 e. The maximum absolute atomic E-state index is 5.95. The molecule has 0 aliphatic heterocycles. The molecule has 0 aromatic carbocycles. The molecule has 0 saturated carbocycles. The van der Waals surface area contributed by atoms with E-state index >= 15 is 0 Å². The molecule has 4 heteroatoms. The number of hydrogen-bond donors (Lipinski definition) is 0. The molecule has 0 atom stereocenters. The second kappa shape index (κ2) is 4.21. The average molecular weight is 243 g/mol. The van der Waals surface area contributed by atoms with Crippen molar-refractivity contribution in [1.82, 2.24) is 9.97 Å². The lowest BCUT2D eigenvalue weighted by Gasteiger charge is -2.22. The van der Waals surface area contributed by atoms with Gasteiger partial charge in [0.05, 0.1) is 0 Å². The van der Waals surface area contributed by atoms with Crippen molar-refractivity contribution >= 4 is 11.6 Å². The summed E-state index contributed by atoms with van der Waals surface area (Å²) in [5.41, 5.74) is -0.423. The summed E-state index contributed by atoms with van der Waals surface area (Å²) in [7, 11) is 0. The molecule has 0 N–H and O–H groups in total. The molecule has 0 saturated heterocycles. The predicted octanol–water partition coefficient (Wildman–Crippen LogP) is 3.60. The molecule has 0 unspecified atom stereocenters.